The Balaban J connectivity index is 1.91. The third-order valence-corrected chi connectivity index (χ3v) is 4.11. The summed E-state index contributed by atoms with van der Waals surface area (Å²) in [6.45, 7) is 8.71. The number of hydrogen-bond donors (Lipinski definition) is 0. The van der Waals surface area contributed by atoms with E-state index >= 15 is 0 Å². The minimum absolute atomic E-state index is 0.211. The summed E-state index contributed by atoms with van der Waals surface area (Å²) in [6, 6.07) is 7.61. The Bertz CT molecular complexity index is 593. The number of nitrogens with zero attached hydrogens (tertiary/aromatic N) is 4. The van der Waals surface area contributed by atoms with Crippen molar-refractivity contribution in [2.45, 2.75) is 13.5 Å². The predicted molar refractivity (Wildman–Crippen MR) is 94.7 cm³/mol. The summed E-state index contributed by atoms with van der Waals surface area (Å²) >= 11 is 12.0. The number of halogens is 2. The molecule has 1 aromatic rings. The first-order valence-electron chi connectivity index (χ1n) is 7.35. The lowest BCUT2D eigenvalue weighted by molar-refractivity contribution is 0.120. The fourth-order valence-corrected chi connectivity index (χ4v) is 2.72. The SMILES string of the molecule is C=NN(/C=C(\C)Cl)C(=O)N1CCN(Cc2ccccc2Cl)CC1. The van der Waals surface area contributed by atoms with E-state index in [0.29, 0.717) is 18.1 Å². The van der Waals surface area contributed by atoms with Crippen molar-refractivity contribution >= 4 is 36.0 Å². The van der Waals surface area contributed by atoms with Crippen LogP contribution in [0.4, 0.5) is 4.79 Å². The van der Waals surface area contributed by atoms with Crippen LogP contribution >= 0.6 is 23.2 Å². The normalized spacial score (nSPS) is 16.3. The Morgan fingerprint density at radius 3 is 2.57 bits per heavy atom. The first kappa shape index (κ1) is 17.8. The van der Waals surface area contributed by atoms with E-state index < -0.39 is 0 Å². The van der Waals surface area contributed by atoms with Crippen LogP contribution in [0.3, 0.4) is 0 Å². The molecule has 2 rings (SSSR count). The summed E-state index contributed by atoms with van der Waals surface area (Å²) in [5.74, 6) is 0. The molecule has 0 aromatic heterocycles. The van der Waals surface area contributed by atoms with Crippen molar-refractivity contribution in [2.75, 3.05) is 26.2 Å². The van der Waals surface area contributed by atoms with E-state index in [4.69, 9.17) is 23.2 Å². The van der Waals surface area contributed by atoms with Crippen molar-refractivity contribution in [3.05, 3.63) is 46.1 Å². The maximum absolute atomic E-state index is 12.4. The van der Waals surface area contributed by atoms with Crippen molar-refractivity contribution in [1.29, 1.82) is 0 Å². The number of urea groups is 1. The minimum atomic E-state index is -0.211. The summed E-state index contributed by atoms with van der Waals surface area (Å²) in [5.41, 5.74) is 1.10. The zero-order chi connectivity index (χ0) is 16.8. The zero-order valence-electron chi connectivity index (χ0n) is 13.1. The Morgan fingerprint density at radius 1 is 1.35 bits per heavy atom. The highest BCUT2D eigenvalue weighted by molar-refractivity contribution is 6.31. The van der Waals surface area contributed by atoms with Crippen LogP contribution in [0, 0.1) is 0 Å². The molecule has 2 amide bonds. The Kier molecular flexibility index (Phi) is 6.45. The third kappa shape index (κ3) is 4.96. The molecule has 7 heteroatoms. The van der Waals surface area contributed by atoms with Gasteiger partial charge in [-0.1, -0.05) is 41.4 Å². The summed E-state index contributed by atoms with van der Waals surface area (Å²) in [7, 11) is 0. The van der Waals surface area contributed by atoms with Crippen LogP contribution < -0.4 is 0 Å². The molecule has 5 nitrogen and oxygen atoms in total. The Morgan fingerprint density at radius 2 is 2.00 bits per heavy atom. The molecular weight excluding hydrogens is 335 g/mol. The summed E-state index contributed by atoms with van der Waals surface area (Å²) in [5, 5.41) is 6.12. The van der Waals surface area contributed by atoms with Crippen molar-refractivity contribution in [3.63, 3.8) is 0 Å². The van der Waals surface area contributed by atoms with Crippen molar-refractivity contribution < 1.29 is 4.79 Å². The van der Waals surface area contributed by atoms with E-state index in [-0.39, 0.29) is 6.03 Å². The molecule has 0 spiro atoms. The van der Waals surface area contributed by atoms with Crippen LogP contribution in [-0.2, 0) is 6.54 Å². The molecule has 0 radical (unpaired) electrons. The highest BCUT2D eigenvalue weighted by atomic mass is 35.5. The number of carbonyl (C=O) groups is 1. The van der Waals surface area contributed by atoms with Crippen LogP contribution in [-0.4, -0.2) is 53.7 Å². The van der Waals surface area contributed by atoms with Gasteiger partial charge in [-0.2, -0.15) is 10.1 Å². The predicted octanol–water partition coefficient (Wildman–Crippen LogP) is 3.60. The van der Waals surface area contributed by atoms with Gasteiger partial charge in [0.25, 0.3) is 0 Å². The zero-order valence-corrected chi connectivity index (χ0v) is 14.6. The number of hydrogen-bond acceptors (Lipinski definition) is 3. The number of benzene rings is 1. The lowest BCUT2D eigenvalue weighted by Crippen LogP contribution is -2.50. The number of carbonyl (C=O) groups excluding carboxylic acids is 1. The molecule has 1 fully saturated rings. The smallest absolute Gasteiger partial charge is 0.320 e. The molecule has 0 N–H and O–H groups in total. The van der Waals surface area contributed by atoms with E-state index in [1.807, 2.05) is 24.3 Å². The van der Waals surface area contributed by atoms with Gasteiger partial charge in [0.15, 0.2) is 0 Å². The fraction of sp³-hybridized carbons (Fsp3) is 0.375. The van der Waals surface area contributed by atoms with E-state index in [0.717, 1.165) is 30.2 Å². The number of piperazine rings is 1. The van der Waals surface area contributed by atoms with Crippen LogP contribution in [0.25, 0.3) is 0 Å². The van der Waals surface area contributed by atoms with E-state index in [1.165, 1.54) is 11.2 Å². The number of hydrazone groups is 1. The molecule has 0 unspecified atom stereocenters. The van der Waals surface area contributed by atoms with Gasteiger partial charge in [-0.15, -0.1) is 0 Å². The molecule has 0 atom stereocenters. The maximum atomic E-state index is 12.4. The first-order valence-corrected chi connectivity index (χ1v) is 8.11. The minimum Gasteiger partial charge on any atom is -0.320 e. The highest BCUT2D eigenvalue weighted by Gasteiger charge is 2.24. The third-order valence-electron chi connectivity index (χ3n) is 3.64. The lowest BCUT2D eigenvalue weighted by Gasteiger charge is -2.35. The molecule has 0 bridgehead atoms. The van der Waals surface area contributed by atoms with Crippen LogP contribution in [0.1, 0.15) is 12.5 Å². The Hall–Kier alpha value is -1.56. The van der Waals surface area contributed by atoms with E-state index in [9.17, 15) is 4.79 Å². The average molecular weight is 355 g/mol. The number of amides is 2. The molecule has 0 aliphatic carbocycles. The Labute approximate surface area is 146 Å². The lowest BCUT2D eigenvalue weighted by atomic mass is 10.2. The van der Waals surface area contributed by atoms with Crippen molar-refractivity contribution in [3.8, 4) is 0 Å². The van der Waals surface area contributed by atoms with E-state index in [1.54, 1.807) is 11.8 Å². The fourth-order valence-electron chi connectivity index (χ4n) is 2.43. The van der Waals surface area contributed by atoms with Gasteiger partial charge in [-0.3, -0.25) is 4.90 Å². The van der Waals surface area contributed by atoms with Gasteiger partial charge in [0.2, 0.25) is 0 Å². The molecule has 1 aliphatic heterocycles. The second-order valence-corrected chi connectivity index (χ2v) is 6.34. The van der Waals surface area contributed by atoms with Gasteiger partial charge < -0.3 is 4.90 Å². The number of allylic oxidation sites excluding steroid dienone is 1. The van der Waals surface area contributed by atoms with Crippen LogP contribution in [0.15, 0.2) is 40.6 Å². The molecule has 1 aliphatic rings. The van der Waals surface area contributed by atoms with Gasteiger partial charge in [-0.25, -0.2) is 4.79 Å². The second-order valence-electron chi connectivity index (χ2n) is 5.34. The average Bonchev–Trinajstić information content (AvgIpc) is 2.54. The number of rotatable bonds is 4. The molecule has 1 aromatic carbocycles. The van der Waals surface area contributed by atoms with Crippen molar-refractivity contribution in [2.24, 2.45) is 5.10 Å². The maximum Gasteiger partial charge on any atom is 0.344 e. The quantitative estimate of drug-likeness (QED) is 0.612. The molecule has 124 valence electrons. The molecule has 1 heterocycles. The molecule has 23 heavy (non-hydrogen) atoms. The monoisotopic (exact) mass is 354 g/mol. The molecular formula is C16H20Cl2N4O. The summed E-state index contributed by atoms with van der Waals surface area (Å²) in [4.78, 5) is 16.4. The standard InChI is InChI=1S/C16H20Cl2N4O/c1-13(17)11-22(19-2)16(23)21-9-7-20(8-10-21)12-14-5-3-4-6-15(14)18/h3-6,11H,2,7-10,12H2,1H3/b13-11+. The van der Waals surface area contributed by atoms with Crippen molar-refractivity contribution in [1.82, 2.24) is 14.8 Å². The van der Waals surface area contributed by atoms with Gasteiger partial charge in [0.1, 0.15) is 0 Å². The van der Waals surface area contributed by atoms with Gasteiger partial charge >= 0.3 is 6.03 Å². The van der Waals surface area contributed by atoms with E-state index in [2.05, 4.69) is 16.7 Å². The molecule has 0 saturated carbocycles. The summed E-state index contributed by atoms with van der Waals surface area (Å²) < 4.78 is 0. The molecule has 1 saturated heterocycles. The summed E-state index contributed by atoms with van der Waals surface area (Å²) in [6.07, 6.45) is 1.47. The van der Waals surface area contributed by atoms with Gasteiger partial charge in [0.05, 0.1) is 0 Å². The van der Waals surface area contributed by atoms with Crippen LogP contribution in [0.5, 0.6) is 0 Å². The van der Waals surface area contributed by atoms with Crippen LogP contribution in [0.2, 0.25) is 5.02 Å². The largest absolute Gasteiger partial charge is 0.344 e. The van der Waals surface area contributed by atoms with Gasteiger partial charge in [-0.05, 0) is 18.6 Å². The topological polar surface area (TPSA) is 39.2 Å². The highest BCUT2D eigenvalue weighted by Crippen LogP contribution is 2.18. The van der Waals surface area contributed by atoms with Gasteiger partial charge in [0, 0.05) is 55.7 Å². The first-order chi connectivity index (χ1) is 11.0. The second kappa shape index (κ2) is 8.34.